The Labute approximate surface area is 128 Å². The van der Waals surface area contributed by atoms with Gasteiger partial charge in [0.25, 0.3) is 0 Å². The van der Waals surface area contributed by atoms with Crippen molar-refractivity contribution in [3.05, 3.63) is 35.2 Å². The van der Waals surface area contributed by atoms with Crippen LogP contribution in [0.5, 0.6) is 0 Å². The largest absolute Gasteiger partial charge is 0.339 e. The van der Waals surface area contributed by atoms with Crippen LogP contribution < -0.4 is 5.32 Å². The Morgan fingerprint density at radius 3 is 2.57 bits per heavy atom. The Morgan fingerprint density at radius 2 is 1.86 bits per heavy atom. The topological polar surface area (TPSA) is 51.0 Å². The van der Waals surface area contributed by atoms with E-state index in [-0.39, 0.29) is 0 Å². The molecule has 0 radical (unpaired) electrons. The lowest BCUT2D eigenvalue weighted by molar-refractivity contribution is 0.270. The maximum absolute atomic E-state index is 5.90. The second kappa shape index (κ2) is 5.43. The van der Waals surface area contributed by atoms with Crippen molar-refractivity contribution in [2.45, 2.75) is 44.2 Å². The predicted molar refractivity (Wildman–Crippen MR) is 81.1 cm³/mol. The van der Waals surface area contributed by atoms with Crippen LogP contribution in [0.4, 0.5) is 0 Å². The molecular weight excluding hydrogens is 286 g/mol. The molecule has 21 heavy (non-hydrogen) atoms. The summed E-state index contributed by atoms with van der Waals surface area (Å²) in [4.78, 5) is 4.53. The van der Waals surface area contributed by atoms with Gasteiger partial charge in [-0.2, -0.15) is 4.98 Å². The highest BCUT2D eigenvalue weighted by atomic mass is 35.5. The number of hydrogen-bond donors (Lipinski definition) is 1. The summed E-state index contributed by atoms with van der Waals surface area (Å²) in [7, 11) is 0. The fraction of sp³-hybridized carbons (Fsp3) is 0.500. The fourth-order valence-electron chi connectivity index (χ4n) is 3.64. The first-order chi connectivity index (χ1) is 10.3. The molecule has 2 aliphatic heterocycles. The lowest BCUT2D eigenvalue weighted by Crippen LogP contribution is -2.38. The summed E-state index contributed by atoms with van der Waals surface area (Å²) < 4.78 is 5.43. The minimum atomic E-state index is 0.651. The number of nitrogens with zero attached hydrogens (tertiary/aromatic N) is 2. The number of fused-ring (bicyclic) bond motifs is 2. The number of halogens is 1. The summed E-state index contributed by atoms with van der Waals surface area (Å²) in [6.07, 6.45) is 6.00. The maximum Gasteiger partial charge on any atom is 0.227 e. The lowest BCUT2D eigenvalue weighted by atomic mass is 9.90. The molecule has 0 amide bonds. The van der Waals surface area contributed by atoms with E-state index in [1.54, 1.807) is 0 Å². The van der Waals surface area contributed by atoms with E-state index >= 15 is 0 Å². The van der Waals surface area contributed by atoms with Crippen molar-refractivity contribution < 1.29 is 4.52 Å². The van der Waals surface area contributed by atoms with E-state index < -0.39 is 0 Å². The summed E-state index contributed by atoms with van der Waals surface area (Å²) in [5, 5.41) is 8.47. The molecule has 110 valence electrons. The molecule has 4 rings (SSSR count). The molecule has 2 aliphatic rings. The van der Waals surface area contributed by atoms with E-state index in [2.05, 4.69) is 15.5 Å². The van der Waals surface area contributed by atoms with Crippen LogP contribution in [0.1, 0.15) is 31.6 Å². The molecule has 2 bridgehead atoms. The van der Waals surface area contributed by atoms with Gasteiger partial charge in [0, 0.05) is 29.1 Å². The SMILES string of the molecule is Clc1ccc(-c2noc(CC3CC4CCC(C3)N4)n2)cc1. The van der Waals surface area contributed by atoms with E-state index in [1.807, 2.05) is 24.3 Å². The third kappa shape index (κ3) is 2.83. The van der Waals surface area contributed by atoms with E-state index in [0.29, 0.717) is 28.8 Å². The molecular formula is C16H18ClN3O. The van der Waals surface area contributed by atoms with Crippen LogP contribution in [0.2, 0.25) is 5.02 Å². The number of benzene rings is 1. The average Bonchev–Trinajstić information content (AvgIpc) is 3.07. The molecule has 1 aromatic carbocycles. The summed E-state index contributed by atoms with van der Waals surface area (Å²) >= 11 is 5.90. The highest BCUT2D eigenvalue weighted by Crippen LogP contribution is 2.32. The summed E-state index contributed by atoms with van der Waals surface area (Å²) in [5.74, 6) is 2.08. The number of nitrogens with one attached hydrogen (secondary N) is 1. The molecule has 2 aromatic rings. The number of hydrogen-bond acceptors (Lipinski definition) is 4. The Morgan fingerprint density at radius 1 is 1.14 bits per heavy atom. The smallest absolute Gasteiger partial charge is 0.227 e. The van der Waals surface area contributed by atoms with Crippen LogP contribution in [0, 0.1) is 5.92 Å². The highest BCUT2D eigenvalue weighted by Gasteiger charge is 2.34. The third-order valence-electron chi connectivity index (χ3n) is 4.60. The summed E-state index contributed by atoms with van der Waals surface area (Å²) in [6.45, 7) is 0. The van der Waals surface area contributed by atoms with Gasteiger partial charge < -0.3 is 9.84 Å². The molecule has 0 spiro atoms. The van der Waals surface area contributed by atoms with Gasteiger partial charge in [-0.3, -0.25) is 0 Å². The van der Waals surface area contributed by atoms with Crippen molar-refractivity contribution in [3.63, 3.8) is 0 Å². The van der Waals surface area contributed by atoms with Gasteiger partial charge in [0.1, 0.15) is 0 Å². The minimum absolute atomic E-state index is 0.651. The van der Waals surface area contributed by atoms with E-state index in [0.717, 1.165) is 17.9 Å². The van der Waals surface area contributed by atoms with Gasteiger partial charge in [0.15, 0.2) is 0 Å². The molecule has 1 aromatic heterocycles. The zero-order valence-corrected chi connectivity index (χ0v) is 12.5. The zero-order valence-electron chi connectivity index (χ0n) is 11.8. The Bertz CT molecular complexity index is 613. The van der Waals surface area contributed by atoms with Gasteiger partial charge in [-0.1, -0.05) is 16.8 Å². The standard InChI is InChI=1S/C16H18ClN3O/c17-12-3-1-11(2-4-12)16-19-15(21-20-16)9-10-7-13-5-6-14(8-10)18-13/h1-4,10,13-14,18H,5-9H2. The van der Waals surface area contributed by atoms with Gasteiger partial charge in [-0.15, -0.1) is 0 Å². The summed E-state index contributed by atoms with van der Waals surface area (Å²) in [5.41, 5.74) is 0.944. The number of aromatic nitrogens is 2. The number of piperidine rings is 1. The van der Waals surface area contributed by atoms with Crippen LogP contribution in [-0.4, -0.2) is 22.2 Å². The van der Waals surface area contributed by atoms with E-state index in [4.69, 9.17) is 16.1 Å². The molecule has 2 saturated heterocycles. The molecule has 1 N–H and O–H groups in total. The first-order valence-corrected chi connectivity index (χ1v) is 7.98. The fourth-order valence-corrected chi connectivity index (χ4v) is 3.77. The van der Waals surface area contributed by atoms with Crippen molar-refractivity contribution in [2.24, 2.45) is 5.92 Å². The Hall–Kier alpha value is -1.39. The van der Waals surface area contributed by atoms with Crippen molar-refractivity contribution in [2.75, 3.05) is 0 Å². The predicted octanol–water partition coefficient (Wildman–Crippen LogP) is 3.46. The molecule has 2 fully saturated rings. The van der Waals surface area contributed by atoms with Gasteiger partial charge in [-0.05, 0) is 55.9 Å². The third-order valence-corrected chi connectivity index (χ3v) is 4.86. The maximum atomic E-state index is 5.90. The monoisotopic (exact) mass is 303 g/mol. The first kappa shape index (κ1) is 13.3. The normalized spacial score (nSPS) is 28.0. The van der Waals surface area contributed by atoms with Crippen LogP contribution in [0.25, 0.3) is 11.4 Å². The van der Waals surface area contributed by atoms with Crippen LogP contribution in [-0.2, 0) is 6.42 Å². The van der Waals surface area contributed by atoms with Gasteiger partial charge in [0.05, 0.1) is 0 Å². The average molecular weight is 304 g/mol. The Kier molecular flexibility index (Phi) is 3.43. The van der Waals surface area contributed by atoms with Gasteiger partial charge in [-0.25, -0.2) is 0 Å². The molecule has 4 nitrogen and oxygen atoms in total. The van der Waals surface area contributed by atoms with Crippen molar-refractivity contribution in [1.29, 1.82) is 0 Å². The van der Waals surface area contributed by atoms with Crippen molar-refractivity contribution in [1.82, 2.24) is 15.5 Å². The molecule has 0 aliphatic carbocycles. The zero-order chi connectivity index (χ0) is 14.2. The Balaban J connectivity index is 1.46. The molecule has 5 heteroatoms. The minimum Gasteiger partial charge on any atom is -0.339 e. The molecule has 3 heterocycles. The second-order valence-corrected chi connectivity index (χ2v) is 6.63. The first-order valence-electron chi connectivity index (χ1n) is 7.61. The highest BCUT2D eigenvalue weighted by molar-refractivity contribution is 6.30. The van der Waals surface area contributed by atoms with Crippen LogP contribution >= 0.6 is 11.6 Å². The van der Waals surface area contributed by atoms with Crippen molar-refractivity contribution in [3.8, 4) is 11.4 Å². The van der Waals surface area contributed by atoms with Gasteiger partial charge in [0.2, 0.25) is 11.7 Å². The molecule has 2 atom stereocenters. The number of rotatable bonds is 3. The molecule has 2 unspecified atom stereocenters. The molecule has 0 saturated carbocycles. The van der Waals surface area contributed by atoms with Gasteiger partial charge >= 0.3 is 0 Å². The van der Waals surface area contributed by atoms with E-state index in [9.17, 15) is 0 Å². The lowest BCUT2D eigenvalue weighted by Gasteiger charge is -2.27. The van der Waals surface area contributed by atoms with E-state index in [1.165, 1.54) is 25.7 Å². The summed E-state index contributed by atoms with van der Waals surface area (Å²) in [6, 6.07) is 8.93. The van der Waals surface area contributed by atoms with Crippen LogP contribution in [0.3, 0.4) is 0 Å². The van der Waals surface area contributed by atoms with Crippen LogP contribution in [0.15, 0.2) is 28.8 Å². The second-order valence-electron chi connectivity index (χ2n) is 6.20. The quantitative estimate of drug-likeness (QED) is 0.943. The van der Waals surface area contributed by atoms with Crippen molar-refractivity contribution >= 4 is 11.6 Å².